The van der Waals surface area contributed by atoms with Gasteiger partial charge in [-0.1, -0.05) is 13.8 Å². The smallest absolute Gasteiger partial charge is 0.144 e. The average Bonchev–Trinajstić information content (AvgIpc) is 2.43. The van der Waals surface area contributed by atoms with E-state index in [1.165, 1.54) is 12.1 Å². The molecule has 0 heterocycles. The quantitative estimate of drug-likeness (QED) is 0.544. The van der Waals surface area contributed by atoms with E-state index in [9.17, 15) is 8.78 Å². The van der Waals surface area contributed by atoms with E-state index in [1.54, 1.807) is 0 Å². The van der Waals surface area contributed by atoms with Gasteiger partial charge in [0, 0.05) is 24.5 Å². The first-order valence-electron chi connectivity index (χ1n) is 6.38. The van der Waals surface area contributed by atoms with Gasteiger partial charge in [0.05, 0.1) is 4.47 Å². The van der Waals surface area contributed by atoms with Crippen molar-refractivity contribution in [3.8, 4) is 0 Å². The fraction of sp³-hybridized carbons (Fsp3) is 0.571. The molecule has 0 aliphatic carbocycles. The highest BCUT2D eigenvalue weighted by Gasteiger charge is 2.24. The summed E-state index contributed by atoms with van der Waals surface area (Å²) in [6.45, 7) is 4.96. The first-order valence-corrected chi connectivity index (χ1v) is 7.71. The summed E-state index contributed by atoms with van der Waals surface area (Å²) >= 11 is 9.06. The topological polar surface area (TPSA) is 12.0 Å². The van der Waals surface area contributed by atoms with E-state index >= 15 is 0 Å². The Balaban J connectivity index is 2.70. The van der Waals surface area contributed by atoms with Crippen molar-refractivity contribution >= 4 is 27.5 Å². The lowest BCUT2D eigenvalue weighted by atomic mass is 9.84. The van der Waals surface area contributed by atoms with Crippen LogP contribution < -0.4 is 5.32 Å². The molecule has 0 radical (unpaired) electrons. The highest BCUT2D eigenvalue weighted by atomic mass is 79.9. The molecule has 0 fully saturated rings. The van der Waals surface area contributed by atoms with Crippen LogP contribution in [0.4, 0.5) is 8.78 Å². The van der Waals surface area contributed by atoms with Crippen LogP contribution in [0.2, 0.25) is 0 Å². The van der Waals surface area contributed by atoms with Gasteiger partial charge in [-0.05, 0) is 46.3 Å². The molecular weight excluding hydrogens is 336 g/mol. The molecule has 0 atom stereocenters. The number of benzene rings is 1. The zero-order valence-corrected chi connectivity index (χ0v) is 13.5. The Morgan fingerprint density at radius 1 is 1.26 bits per heavy atom. The van der Waals surface area contributed by atoms with Crippen molar-refractivity contribution in [3.05, 3.63) is 33.8 Å². The van der Waals surface area contributed by atoms with Crippen molar-refractivity contribution in [3.63, 3.8) is 0 Å². The fourth-order valence-corrected chi connectivity index (χ4v) is 2.76. The summed E-state index contributed by atoms with van der Waals surface area (Å²) in [5, 5.41) is 3.12. The number of rotatable bonds is 7. The summed E-state index contributed by atoms with van der Waals surface area (Å²) in [5.74, 6) is -0.536. The number of halogens is 4. The maximum atomic E-state index is 13.8. The summed E-state index contributed by atoms with van der Waals surface area (Å²) in [5.41, 5.74) is 0.0469. The maximum Gasteiger partial charge on any atom is 0.144 e. The van der Waals surface area contributed by atoms with Crippen molar-refractivity contribution in [1.82, 2.24) is 5.32 Å². The van der Waals surface area contributed by atoms with Crippen LogP contribution in [0.5, 0.6) is 0 Å². The second-order valence-corrected chi connectivity index (χ2v) is 5.89. The third-order valence-corrected chi connectivity index (χ3v) is 4.90. The van der Waals surface area contributed by atoms with Gasteiger partial charge in [-0.2, -0.15) is 0 Å². The first-order chi connectivity index (χ1) is 8.99. The van der Waals surface area contributed by atoms with E-state index in [2.05, 4.69) is 35.1 Å². The third-order valence-electron chi connectivity index (χ3n) is 3.72. The van der Waals surface area contributed by atoms with Crippen LogP contribution in [0.15, 0.2) is 16.6 Å². The summed E-state index contributed by atoms with van der Waals surface area (Å²) < 4.78 is 27.6. The van der Waals surface area contributed by atoms with Gasteiger partial charge in [-0.15, -0.1) is 11.6 Å². The molecule has 1 N–H and O–H groups in total. The third kappa shape index (κ3) is 4.14. The van der Waals surface area contributed by atoms with Gasteiger partial charge in [-0.25, -0.2) is 8.78 Å². The standard InChI is InChI=1S/C14H19BrClF2N/c1-3-14(4-2,8-16)9-19-7-10-12(17)6-5-11(15)13(10)18/h5-6,19H,3-4,7-9H2,1-2H3. The molecule has 0 unspecified atom stereocenters. The van der Waals surface area contributed by atoms with E-state index < -0.39 is 11.6 Å². The van der Waals surface area contributed by atoms with Crippen LogP contribution in [-0.2, 0) is 6.54 Å². The van der Waals surface area contributed by atoms with Crippen molar-refractivity contribution < 1.29 is 8.78 Å². The van der Waals surface area contributed by atoms with Crippen LogP contribution >= 0.6 is 27.5 Å². The summed E-state index contributed by atoms with van der Waals surface area (Å²) in [4.78, 5) is 0. The van der Waals surface area contributed by atoms with Crippen LogP contribution in [-0.4, -0.2) is 12.4 Å². The molecular formula is C14H19BrClF2N. The predicted molar refractivity (Wildman–Crippen MR) is 79.5 cm³/mol. The van der Waals surface area contributed by atoms with Gasteiger partial charge >= 0.3 is 0 Å². The van der Waals surface area contributed by atoms with Gasteiger partial charge in [0.25, 0.3) is 0 Å². The molecule has 0 saturated carbocycles. The van der Waals surface area contributed by atoms with E-state index in [1.807, 2.05) is 0 Å². The first kappa shape index (κ1) is 16.9. The van der Waals surface area contributed by atoms with Gasteiger partial charge in [-0.3, -0.25) is 0 Å². The number of nitrogens with one attached hydrogen (secondary N) is 1. The van der Waals surface area contributed by atoms with Gasteiger partial charge in [0.2, 0.25) is 0 Å². The normalized spacial score (nSPS) is 11.9. The number of hydrogen-bond donors (Lipinski definition) is 1. The molecule has 0 aliphatic rings. The number of hydrogen-bond acceptors (Lipinski definition) is 1. The lowest BCUT2D eigenvalue weighted by molar-refractivity contribution is 0.284. The molecule has 5 heteroatoms. The molecule has 0 aromatic heterocycles. The van der Waals surface area contributed by atoms with Crippen molar-refractivity contribution in [2.75, 3.05) is 12.4 Å². The second kappa shape index (κ2) is 7.55. The van der Waals surface area contributed by atoms with E-state index in [-0.39, 0.29) is 22.0 Å². The SMILES string of the molecule is CCC(CC)(CCl)CNCc1c(F)ccc(Br)c1F. The Kier molecular flexibility index (Phi) is 6.71. The van der Waals surface area contributed by atoms with E-state index in [0.29, 0.717) is 12.4 Å². The van der Waals surface area contributed by atoms with Gasteiger partial charge < -0.3 is 5.32 Å². The molecule has 1 aromatic rings. The fourth-order valence-electron chi connectivity index (χ4n) is 1.92. The second-order valence-electron chi connectivity index (χ2n) is 4.77. The highest BCUT2D eigenvalue weighted by Crippen LogP contribution is 2.27. The Hall–Kier alpha value is -0.190. The molecule has 0 aliphatic heterocycles. The highest BCUT2D eigenvalue weighted by molar-refractivity contribution is 9.10. The zero-order chi connectivity index (χ0) is 14.5. The molecule has 1 rings (SSSR count). The minimum absolute atomic E-state index is 0.0134. The van der Waals surface area contributed by atoms with Gasteiger partial charge in [0.1, 0.15) is 11.6 Å². The monoisotopic (exact) mass is 353 g/mol. The van der Waals surface area contributed by atoms with Crippen LogP contribution in [0.25, 0.3) is 0 Å². The Labute approximate surface area is 126 Å². The molecule has 0 bridgehead atoms. The van der Waals surface area contributed by atoms with Crippen molar-refractivity contribution in [2.24, 2.45) is 5.41 Å². The molecule has 0 amide bonds. The van der Waals surface area contributed by atoms with Crippen LogP contribution in [0.3, 0.4) is 0 Å². The maximum absolute atomic E-state index is 13.8. The average molecular weight is 355 g/mol. The van der Waals surface area contributed by atoms with E-state index in [4.69, 9.17) is 11.6 Å². The van der Waals surface area contributed by atoms with Crippen LogP contribution in [0.1, 0.15) is 32.3 Å². The summed E-state index contributed by atoms with van der Waals surface area (Å²) in [6, 6.07) is 2.63. The van der Waals surface area contributed by atoms with Crippen molar-refractivity contribution in [1.29, 1.82) is 0 Å². The molecule has 1 aromatic carbocycles. The molecule has 0 spiro atoms. The molecule has 108 valence electrons. The largest absolute Gasteiger partial charge is 0.312 e. The zero-order valence-electron chi connectivity index (χ0n) is 11.2. The summed E-state index contributed by atoms with van der Waals surface area (Å²) in [7, 11) is 0. The number of alkyl halides is 1. The Morgan fingerprint density at radius 2 is 1.89 bits per heavy atom. The molecule has 1 nitrogen and oxygen atoms in total. The predicted octanol–water partition coefficient (Wildman–Crippen LogP) is 4.86. The van der Waals surface area contributed by atoms with Gasteiger partial charge in [0.15, 0.2) is 0 Å². The Bertz CT molecular complexity index is 414. The lowest BCUT2D eigenvalue weighted by Gasteiger charge is -2.29. The minimum Gasteiger partial charge on any atom is -0.312 e. The molecule has 19 heavy (non-hydrogen) atoms. The lowest BCUT2D eigenvalue weighted by Crippen LogP contribution is -2.35. The van der Waals surface area contributed by atoms with E-state index in [0.717, 1.165) is 12.8 Å². The minimum atomic E-state index is -0.544. The van der Waals surface area contributed by atoms with Crippen LogP contribution in [0, 0.1) is 17.0 Å². The summed E-state index contributed by atoms with van der Waals surface area (Å²) in [6.07, 6.45) is 1.87. The molecule has 0 saturated heterocycles. The van der Waals surface area contributed by atoms with Crippen molar-refractivity contribution in [2.45, 2.75) is 33.2 Å². The Morgan fingerprint density at radius 3 is 2.42 bits per heavy atom.